The minimum absolute atomic E-state index is 0.00646. The summed E-state index contributed by atoms with van der Waals surface area (Å²) in [7, 11) is -3.23. The van der Waals surface area contributed by atoms with Gasteiger partial charge in [0.2, 0.25) is 5.88 Å². The van der Waals surface area contributed by atoms with E-state index in [9.17, 15) is 13.2 Å². The van der Waals surface area contributed by atoms with Gasteiger partial charge in [0.25, 0.3) is 0 Å². The Balaban J connectivity index is 1.21. The maximum Gasteiger partial charge on any atom is 0.410 e. The molecule has 5 rings (SSSR count). The average molecular weight is 458 g/mol. The van der Waals surface area contributed by atoms with Crippen molar-refractivity contribution >= 4 is 15.9 Å². The fraction of sp³-hybridized carbons (Fsp3) is 0.522. The molecule has 1 unspecified atom stereocenters. The number of hydrogen-bond acceptors (Lipinski definition) is 7. The Kier molecular flexibility index (Phi) is 5.11. The van der Waals surface area contributed by atoms with Gasteiger partial charge in [-0.15, -0.1) is 0 Å². The van der Waals surface area contributed by atoms with E-state index in [-0.39, 0.29) is 22.7 Å². The van der Waals surface area contributed by atoms with Crippen LogP contribution in [0.1, 0.15) is 38.3 Å². The van der Waals surface area contributed by atoms with E-state index in [4.69, 9.17) is 14.5 Å². The maximum absolute atomic E-state index is 12.3. The monoisotopic (exact) mass is 457 g/mol. The number of aromatic nitrogens is 2. The van der Waals surface area contributed by atoms with Crippen molar-refractivity contribution in [3.63, 3.8) is 0 Å². The van der Waals surface area contributed by atoms with Gasteiger partial charge in [0.05, 0.1) is 16.8 Å². The number of likely N-dealkylation sites (tertiary alicyclic amines) is 1. The van der Waals surface area contributed by atoms with Crippen LogP contribution >= 0.6 is 0 Å². The Labute approximate surface area is 187 Å². The molecular weight excluding hydrogens is 430 g/mol. The van der Waals surface area contributed by atoms with Crippen LogP contribution in [0.4, 0.5) is 4.79 Å². The zero-order valence-electron chi connectivity index (χ0n) is 18.3. The molecule has 1 aliphatic carbocycles. The van der Waals surface area contributed by atoms with E-state index in [0.29, 0.717) is 37.0 Å². The zero-order chi connectivity index (χ0) is 22.5. The summed E-state index contributed by atoms with van der Waals surface area (Å²) in [5.41, 5.74) is 2.08. The van der Waals surface area contributed by atoms with Gasteiger partial charge in [-0.1, -0.05) is 12.1 Å². The number of rotatable bonds is 4. The van der Waals surface area contributed by atoms with Gasteiger partial charge in [-0.3, -0.25) is 0 Å². The lowest BCUT2D eigenvalue weighted by Crippen LogP contribution is -2.43. The van der Waals surface area contributed by atoms with E-state index in [2.05, 4.69) is 4.98 Å². The topological polar surface area (TPSA) is 98.7 Å². The van der Waals surface area contributed by atoms with Gasteiger partial charge < -0.3 is 14.4 Å². The number of hydrogen-bond donors (Lipinski definition) is 0. The molecule has 8 nitrogen and oxygen atoms in total. The second-order valence-corrected chi connectivity index (χ2v) is 11.3. The highest BCUT2D eigenvalue weighted by atomic mass is 32.2. The maximum atomic E-state index is 12.3. The number of nitrogens with zero attached hydrogens (tertiary/aromatic N) is 3. The van der Waals surface area contributed by atoms with Crippen LogP contribution in [0, 0.1) is 5.92 Å². The minimum atomic E-state index is -3.23. The summed E-state index contributed by atoms with van der Waals surface area (Å²) in [6, 6.07) is 6.66. The number of ether oxygens (including phenoxy) is 2. The number of piperidine rings is 1. The summed E-state index contributed by atoms with van der Waals surface area (Å²) in [6.45, 7) is 3.33. The summed E-state index contributed by atoms with van der Waals surface area (Å²) < 4.78 is 35.0. The summed E-state index contributed by atoms with van der Waals surface area (Å²) in [4.78, 5) is 23.6. The second kappa shape index (κ2) is 7.72. The quantitative estimate of drug-likeness (QED) is 0.695. The highest BCUT2D eigenvalue weighted by Crippen LogP contribution is 2.40. The van der Waals surface area contributed by atoms with Crippen molar-refractivity contribution in [2.75, 3.05) is 19.3 Å². The highest BCUT2D eigenvalue weighted by Gasteiger charge is 2.43. The van der Waals surface area contributed by atoms with Crippen LogP contribution < -0.4 is 4.74 Å². The van der Waals surface area contributed by atoms with E-state index in [1.165, 1.54) is 6.26 Å². The summed E-state index contributed by atoms with van der Waals surface area (Å²) in [5.74, 6) is 0.902. The van der Waals surface area contributed by atoms with E-state index in [0.717, 1.165) is 36.9 Å². The third-order valence-electron chi connectivity index (χ3n) is 6.65. The van der Waals surface area contributed by atoms with Crippen molar-refractivity contribution in [1.29, 1.82) is 0 Å². The lowest BCUT2D eigenvalue weighted by atomic mass is 9.90. The number of sulfone groups is 1. The molecule has 32 heavy (non-hydrogen) atoms. The summed E-state index contributed by atoms with van der Waals surface area (Å²) in [6.07, 6.45) is 6.98. The van der Waals surface area contributed by atoms with Crippen molar-refractivity contribution in [2.24, 2.45) is 5.92 Å². The fourth-order valence-electron chi connectivity index (χ4n) is 4.31. The number of fused-ring (bicyclic) bond motifs is 1. The van der Waals surface area contributed by atoms with Crippen LogP contribution in [-0.2, 0) is 21.0 Å². The highest BCUT2D eigenvalue weighted by molar-refractivity contribution is 7.90. The minimum Gasteiger partial charge on any atom is -0.472 e. The van der Waals surface area contributed by atoms with Gasteiger partial charge in [-0.25, -0.2) is 23.2 Å². The first-order chi connectivity index (χ1) is 15.2. The van der Waals surface area contributed by atoms with Gasteiger partial charge >= 0.3 is 6.09 Å². The van der Waals surface area contributed by atoms with Gasteiger partial charge in [0.1, 0.15) is 17.4 Å². The standard InChI is InChI=1S/C23H27N3O5S/c1-23(9-10-23)31-22(27)26-11-7-16(8-12-26)20-13-18-21(30-20)24-14-19(25-18)15-3-5-17(6-4-15)32(2,28)29/h3-6,14,16,20H,7-13H2,1-2H3. The first-order valence-electron chi connectivity index (χ1n) is 11.0. The summed E-state index contributed by atoms with van der Waals surface area (Å²) in [5, 5.41) is 0. The molecule has 0 spiro atoms. The number of benzene rings is 1. The Morgan fingerprint density at radius 2 is 1.88 bits per heavy atom. The molecule has 1 amide bonds. The molecule has 2 aromatic rings. The van der Waals surface area contributed by atoms with Crippen LogP contribution in [0.15, 0.2) is 35.4 Å². The fourth-order valence-corrected chi connectivity index (χ4v) is 4.94. The molecule has 0 radical (unpaired) electrons. The first kappa shape index (κ1) is 21.2. The normalized spacial score (nSPS) is 22.2. The van der Waals surface area contributed by atoms with Crippen molar-refractivity contribution in [1.82, 2.24) is 14.9 Å². The van der Waals surface area contributed by atoms with E-state index < -0.39 is 9.84 Å². The predicted octanol–water partition coefficient (Wildman–Crippen LogP) is 3.25. The van der Waals surface area contributed by atoms with Crippen LogP contribution in [0.25, 0.3) is 11.3 Å². The lowest BCUT2D eigenvalue weighted by Gasteiger charge is -2.34. The molecule has 0 N–H and O–H groups in total. The molecule has 1 atom stereocenters. The van der Waals surface area contributed by atoms with Crippen molar-refractivity contribution in [3.05, 3.63) is 36.2 Å². The molecule has 2 aliphatic heterocycles. The smallest absolute Gasteiger partial charge is 0.410 e. The third kappa shape index (κ3) is 4.30. The molecule has 9 heteroatoms. The van der Waals surface area contributed by atoms with Gasteiger partial charge in [-0.05, 0) is 50.7 Å². The van der Waals surface area contributed by atoms with Crippen molar-refractivity contribution < 1.29 is 22.7 Å². The number of amides is 1. The zero-order valence-corrected chi connectivity index (χ0v) is 19.1. The van der Waals surface area contributed by atoms with Crippen molar-refractivity contribution in [2.45, 2.75) is 55.6 Å². The molecular formula is C23H27N3O5S. The molecule has 0 bridgehead atoms. The Hall–Kier alpha value is -2.68. The Bertz CT molecular complexity index is 1140. The van der Waals surface area contributed by atoms with Gasteiger partial charge in [0, 0.05) is 31.3 Å². The molecule has 1 saturated heterocycles. The molecule has 1 aromatic heterocycles. The molecule has 2 fully saturated rings. The Morgan fingerprint density at radius 3 is 2.50 bits per heavy atom. The van der Waals surface area contributed by atoms with Crippen LogP contribution in [0.2, 0.25) is 0 Å². The lowest BCUT2D eigenvalue weighted by molar-refractivity contribution is 0.0374. The molecule has 3 heterocycles. The SMILES string of the molecule is CC1(OC(=O)N2CCC(C3Cc4nc(-c5ccc(S(C)(=O)=O)cc5)cnc4O3)CC2)CC1. The van der Waals surface area contributed by atoms with E-state index in [1.807, 2.05) is 6.92 Å². The van der Waals surface area contributed by atoms with Crippen molar-refractivity contribution in [3.8, 4) is 17.1 Å². The number of carbonyl (C=O) groups excluding carboxylic acids is 1. The van der Waals surface area contributed by atoms with Crippen LogP contribution in [-0.4, -0.2) is 60.4 Å². The molecule has 1 aromatic carbocycles. The average Bonchev–Trinajstić information content (AvgIpc) is 3.34. The largest absolute Gasteiger partial charge is 0.472 e. The predicted molar refractivity (Wildman–Crippen MR) is 117 cm³/mol. The second-order valence-electron chi connectivity index (χ2n) is 9.31. The molecule has 1 saturated carbocycles. The van der Waals surface area contributed by atoms with Gasteiger partial charge in [0.15, 0.2) is 9.84 Å². The third-order valence-corrected chi connectivity index (χ3v) is 7.78. The Morgan fingerprint density at radius 1 is 1.19 bits per heavy atom. The van der Waals surface area contributed by atoms with E-state index >= 15 is 0 Å². The number of carbonyl (C=O) groups is 1. The molecule has 3 aliphatic rings. The summed E-state index contributed by atoms with van der Waals surface area (Å²) >= 11 is 0. The van der Waals surface area contributed by atoms with Crippen LogP contribution in [0.3, 0.4) is 0 Å². The first-order valence-corrected chi connectivity index (χ1v) is 12.9. The molecule has 170 valence electrons. The van der Waals surface area contributed by atoms with E-state index in [1.54, 1.807) is 35.4 Å². The van der Waals surface area contributed by atoms with Gasteiger partial charge in [-0.2, -0.15) is 0 Å². The van der Waals surface area contributed by atoms with Crippen LogP contribution in [0.5, 0.6) is 5.88 Å².